The Morgan fingerprint density at radius 1 is 1.22 bits per heavy atom. The van der Waals surface area contributed by atoms with Gasteiger partial charge in [0.2, 0.25) is 0 Å². The summed E-state index contributed by atoms with van der Waals surface area (Å²) in [4.78, 5) is 19.1. The van der Waals surface area contributed by atoms with Crippen molar-refractivity contribution in [3.8, 4) is 5.75 Å². The van der Waals surface area contributed by atoms with Crippen LogP contribution in [-0.2, 0) is 0 Å². The van der Waals surface area contributed by atoms with Crippen molar-refractivity contribution in [2.45, 2.75) is 25.8 Å². The molecule has 0 saturated carbocycles. The van der Waals surface area contributed by atoms with E-state index in [4.69, 9.17) is 4.74 Å². The lowest BCUT2D eigenvalue weighted by atomic mass is 10.0. The van der Waals surface area contributed by atoms with Gasteiger partial charge in [-0.1, -0.05) is 0 Å². The number of H-pyrrole nitrogens is 1. The van der Waals surface area contributed by atoms with Crippen LogP contribution < -0.4 is 10.1 Å². The van der Waals surface area contributed by atoms with Crippen molar-refractivity contribution in [2.24, 2.45) is 0 Å². The number of aryl methyl sites for hydroxylation is 1. The molecule has 7 heteroatoms. The summed E-state index contributed by atoms with van der Waals surface area (Å²) in [6.07, 6.45) is 3.54. The molecule has 1 aliphatic heterocycles. The maximum Gasteiger partial charge on any atom is 0.253 e. The number of nitrogens with one attached hydrogen (secondary N) is 2. The maximum absolute atomic E-state index is 12.7. The van der Waals surface area contributed by atoms with Crippen LogP contribution in [-0.4, -0.2) is 52.2 Å². The molecular formula is C20H23N5O2. The highest BCUT2D eigenvalue weighted by Gasteiger charge is 2.24. The van der Waals surface area contributed by atoms with Gasteiger partial charge in [-0.15, -0.1) is 0 Å². The fraction of sp³-hybridized carbons (Fsp3) is 0.350. The number of ether oxygens (including phenoxy) is 1. The number of likely N-dealkylation sites (tertiary alicyclic amines) is 1. The maximum atomic E-state index is 12.7. The first-order chi connectivity index (χ1) is 13.2. The van der Waals surface area contributed by atoms with Crippen molar-refractivity contribution in [3.63, 3.8) is 0 Å². The third-order valence-electron chi connectivity index (χ3n) is 5.11. The quantitative estimate of drug-likeness (QED) is 0.743. The van der Waals surface area contributed by atoms with Crippen LogP contribution in [0.2, 0.25) is 0 Å². The lowest BCUT2D eigenvalue weighted by Gasteiger charge is -2.32. The molecular weight excluding hydrogens is 342 g/mol. The third-order valence-corrected chi connectivity index (χ3v) is 5.11. The van der Waals surface area contributed by atoms with E-state index in [1.807, 2.05) is 42.2 Å². The summed E-state index contributed by atoms with van der Waals surface area (Å²) >= 11 is 0. The number of rotatable bonds is 4. The van der Waals surface area contributed by atoms with E-state index >= 15 is 0 Å². The molecule has 2 aromatic heterocycles. The molecule has 0 spiro atoms. The predicted molar refractivity (Wildman–Crippen MR) is 104 cm³/mol. The van der Waals surface area contributed by atoms with Crippen LogP contribution in [0.1, 0.15) is 28.9 Å². The van der Waals surface area contributed by atoms with E-state index in [9.17, 15) is 4.79 Å². The van der Waals surface area contributed by atoms with Gasteiger partial charge in [-0.2, -0.15) is 5.10 Å². The normalized spacial score (nSPS) is 15.1. The van der Waals surface area contributed by atoms with Crippen LogP contribution in [0.25, 0.3) is 10.9 Å². The van der Waals surface area contributed by atoms with Gasteiger partial charge in [-0.3, -0.25) is 9.89 Å². The zero-order valence-electron chi connectivity index (χ0n) is 15.5. The van der Waals surface area contributed by atoms with Crippen LogP contribution in [0.3, 0.4) is 0 Å². The smallest absolute Gasteiger partial charge is 0.253 e. The number of aromatic amines is 1. The highest BCUT2D eigenvalue weighted by atomic mass is 16.5. The Morgan fingerprint density at radius 2 is 1.96 bits per heavy atom. The van der Waals surface area contributed by atoms with E-state index in [1.54, 1.807) is 13.3 Å². The number of pyridine rings is 1. The fourth-order valence-corrected chi connectivity index (χ4v) is 3.56. The Labute approximate surface area is 157 Å². The number of methoxy groups -OCH3 is 1. The van der Waals surface area contributed by atoms with Crippen molar-refractivity contribution >= 4 is 22.6 Å². The number of nitrogens with zero attached hydrogens (tertiary/aromatic N) is 3. The van der Waals surface area contributed by atoms with Crippen molar-refractivity contribution in [1.29, 1.82) is 0 Å². The fourth-order valence-electron chi connectivity index (χ4n) is 3.56. The summed E-state index contributed by atoms with van der Waals surface area (Å²) in [5.74, 6) is 1.69. The van der Waals surface area contributed by atoms with Gasteiger partial charge in [-0.25, -0.2) is 4.98 Å². The van der Waals surface area contributed by atoms with Crippen LogP contribution in [0.15, 0.2) is 36.5 Å². The van der Waals surface area contributed by atoms with Gasteiger partial charge < -0.3 is 15.0 Å². The van der Waals surface area contributed by atoms with Crippen LogP contribution in [0.4, 0.5) is 5.82 Å². The summed E-state index contributed by atoms with van der Waals surface area (Å²) in [6.45, 7) is 3.45. The number of hydrogen-bond donors (Lipinski definition) is 2. The van der Waals surface area contributed by atoms with Gasteiger partial charge in [-0.05, 0) is 50.1 Å². The van der Waals surface area contributed by atoms with E-state index in [1.165, 1.54) is 0 Å². The van der Waals surface area contributed by atoms with Crippen molar-refractivity contribution in [2.75, 3.05) is 25.5 Å². The van der Waals surface area contributed by atoms with Gasteiger partial charge in [0, 0.05) is 36.6 Å². The van der Waals surface area contributed by atoms with Gasteiger partial charge in [0.25, 0.3) is 5.91 Å². The largest absolute Gasteiger partial charge is 0.497 e. The Hall–Kier alpha value is -3.09. The Balaban J connectivity index is 1.39. The average molecular weight is 365 g/mol. The molecule has 0 atom stereocenters. The first-order valence-corrected chi connectivity index (χ1v) is 9.15. The topological polar surface area (TPSA) is 83.1 Å². The number of carbonyl (C=O) groups excluding carboxylic acids is 1. The second-order valence-electron chi connectivity index (χ2n) is 6.84. The SMILES string of the molecule is COc1ccc(C(=O)N2CCC(Nc3nccc4n[nH]c(C)c34)CC2)cc1. The number of benzene rings is 1. The molecule has 3 aromatic rings. The minimum absolute atomic E-state index is 0.0713. The van der Waals surface area contributed by atoms with Crippen molar-refractivity contribution in [3.05, 3.63) is 47.8 Å². The number of aromatic nitrogens is 3. The second kappa shape index (κ2) is 7.26. The monoisotopic (exact) mass is 365 g/mol. The highest BCUT2D eigenvalue weighted by Crippen LogP contribution is 2.25. The number of piperidine rings is 1. The molecule has 4 rings (SSSR count). The van der Waals surface area contributed by atoms with Crippen molar-refractivity contribution in [1.82, 2.24) is 20.1 Å². The lowest BCUT2D eigenvalue weighted by Crippen LogP contribution is -2.42. The first kappa shape index (κ1) is 17.3. The number of amides is 1. The van der Waals surface area contributed by atoms with Crippen molar-refractivity contribution < 1.29 is 9.53 Å². The van der Waals surface area contributed by atoms with Crippen LogP contribution in [0, 0.1) is 6.92 Å². The van der Waals surface area contributed by atoms with Crippen LogP contribution >= 0.6 is 0 Å². The van der Waals surface area contributed by atoms with Gasteiger partial charge >= 0.3 is 0 Å². The number of carbonyl (C=O) groups is 1. The Bertz CT molecular complexity index is 943. The molecule has 1 saturated heterocycles. The summed E-state index contributed by atoms with van der Waals surface area (Å²) in [5.41, 5.74) is 2.62. The number of hydrogen-bond acceptors (Lipinski definition) is 5. The summed E-state index contributed by atoms with van der Waals surface area (Å²) in [5, 5.41) is 11.9. The lowest BCUT2D eigenvalue weighted by molar-refractivity contribution is 0.0718. The Kier molecular flexibility index (Phi) is 4.66. The standard InChI is InChI=1S/C20H23N5O2/c1-13-18-17(24-23-13)7-10-21-19(18)22-15-8-11-25(12-9-15)20(26)14-3-5-16(27-2)6-4-14/h3-7,10,15H,8-9,11-12H2,1-2H3,(H,21,22)(H,23,24). The molecule has 7 nitrogen and oxygen atoms in total. The molecule has 27 heavy (non-hydrogen) atoms. The third kappa shape index (κ3) is 3.45. The van der Waals surface area contributed by atoms with Crippen LogP contribution in [0.5, 0.6) is 5.75 Å². The van der Waals surface area contributed by atoms with Gasteiger partial charge in [0.1, 0.15) is 11.6 Å². The molecule has 3 heterocycles. The molecule has 1 aliphatic rings. The molecule has 1 amide bonds. The molecule has 1 fully saturated rings. The molecule has 1 aromatic carbocycles. The number of anilines is 1. The second-order valence-corrected chi connectivity index (χ2v) is 6.84. The molecule has 2 N–H and O–H groups in total. The minimum Gasteiger partial charge on any atom is -0.497 e. The van der Waals surface area contributed by atoms with E-state index in [0.29, 0.717) is 5.56 Å². The molecule has 0 bridgehead atoms. The van der Waals surface area contributed by atoms with Gasteiger partial charge in [0.05, 0.1) is 18.0 Å². The highest BCUT2D eigenvalue weighted by molar-refractivity contribution is 5.94. The molecule has 0 aliphatic carbocycles. The minimum atomic E-state index is 0.0713. The van der Waals surface area contributed by atoms with E-state index in [2.05, 4.69) is 20.5 Å². The average Bonchev–Trinajstić information content (AvgIpc) is 3.10. The zero-order chi connectivity index (χ0) is 18.8. The van der Waals surface area contributed by atoms with E-state index in [0.717, 1.165) is 54.1 Å². The summed E-state index contributed by atoms with van der Waals surface area (Å²) in [7, 11) is 1.62. The van der Waals surface area contributed by atoms with E-state index in [-0.39, 0.29) is 11.9 Å². The predicted octanol–water partition coefficient (Wildman–Crippen LogP) is 2.99. The summed E-state index contributed by atoms with van der Waals surface area (Å²) < 4.78 is 5.15. The Morgan fingerprint density at radius 3 is 2.67 bits per heavy atom. The first-order valence-electron chi connectivity index (χ1n) is 9.15. The molecule has 0 radical (unpaired) electrons. The zero-order valence-corrected chi connectivity index (χ0v) is 15.5. The molecule has 140 valence electrons. The van der Waals surface area contributed by atoms with Gasteiger partial charge in [0.15, 0.2) is 0 Å². The summed E-state index contributed by atoms with van der Waals surface area (Å²) in [6, 6.07) is 9.47. The van der Waals surface area contributed by atoms with E-state index < -0.39 is 0 Å². The molecule has 0 unspecified atom stereocenters. The number of fused-ring (bicyclic) bond motifs is 1.